The van der Waals surface area contributed by atoms with E-state index in [2.05, 4.69) is 9.97 Å². The van der Waals surface area contributed by atoms with Crippen LogP contribution in [0.4, 0.5) is 10.6 Å². The first-order valence-corrected chi connectivity index (χ1v) is 14.9. The summed E-state index contributed by atoms with van der Waals surface area (Å²) in [6.07, 6.45) is 4.72. The highest BCUT2D eigenvalue weighted by molar-refractivity contribution is 6.28. The molecule has 220 valence electrons. The van der Waals surface area contributed by atoms with E-state index in [1.54, 1.807) is 11.0 Å². The molecule has 10 nitrogen and oxygen atoms in total. The number of carbonyl (C=O) groups excluding carboxylic acids is 3. The van der Waals surface area contributed by atoms with Gasteiger partial charge in [0.2, 0.25) is 5.28 Å². The Balaban J connectivity index is 1.36. The summed E-state index contributed by atoms with van der Waals surface area (Å²) in [4.78, 5) is 53.3. The average molecular weight is 577 g/mol. The number of ether oxygens (including phenoxy) is 3. The smallest absolute Gasteiger partial charge is 0.410 e. The number of fused-ring (bicyclic) bond motifs is 1. The molecule has 1 aromatic heterocycles. The molecule has 4 atom stereocenters. The lowest BCUT2D eigenvalue weighted by Crippen LogP contribution is -2.60. The summed E-state index contributed by atoms with van der Waals surface area (Å²) in [7, 11) is 0. The summed E-state index contributed by atoms with van der Waals surface area (Å²) < 4.78 is 17.9. The maximum atomic E-state index is 14.1. The molecule has 2 saturated heterocycles. The van der Waals surface area contributed by atoms with Crippen LogP contribution in [0.3, 0.4) is 0 Å². The molecule has 3 heterocycles. The van der Waals surface area contributed by atoms with E-state index in [9.17, 15) is 14.4 Å². The highest BCUT2D eigenvalue weighted by atomic mass is 35.5. The van der Waals surface area contributed by atoms with Crippen LogP contribution in [0.25, 0.3) is 0 Å². The van der Waals surface area contributed by atoms with E-state index in [1.807, 2.05) is 39.5 Å². The molecule has 2 aliphatic carbocycles. The number of rotatable bonds is 3. The van der Waals surface area contributed by atoms with Crippen molar-refractivity contribution >= 4 is 35.1 Å². The molecular formula is C29H41ClN4O6. The Morgan fingerprint density at radius 3 is 2.30 bits per heavy atom. The molecule has 2 saturated carbocycles. The van der Waals surface area contributed by atoms with E-state index in [4.69, 9.17) is 25.8 Å². The van der Waals surface area contributed by atoms with E-state index < -0.39 is 22.7 Å². The summed E-state index contributed by atoms with van der Waals surface area (Å²) in [6, 6.07) is 1.30. The van der Waals surface area contributed by atoms with Crippen LogP contribution < -0.4 is 4.90 Å². The van der Waals surface area contributed by atoms with Gasteiger partial charge in [-0.3, -0.25) is 14.5 Å². The summed E-state index contributed by atoms with van der Waals surface area (Å²) in [5.41, 5.74) is -1.26. The minimum atomic E-state index is -0.921. The first kappa shape index (κ1) is 29.2. The van der Waals surface area contributed by atoms with Gasteiger partial charge in [-0.05, 0) is 71.9 Å². The van der Waals surface area contributed by atoms with Gasteiger partial charge in [0, 0.05) is 25.6 Å². The number of ketones is 2. The number of hydrogen-bond donors (Lipinski definition) is 0. The molecule has 1 amide bonds. The molecular weight excluding hydrogens is 536 g/mol. The number of amides is 1. The van der Waals surface area contributed by atoms with Crippen LogP contribution in [0.1, 0.15) is 90.1 Å². The van der Waals surface area contributed by atoms with Gasteiger partial charge in [-0.1, -0.05) is 12.8 Å². The number of anilines is 1. The Bertz CT molecular complexity index is 1150. The van der Waals surface area contributed by atoms with Gasteiger partial charge in [0.1, 0.15) is 17.1 Å². The summed E-state index contributed by atoms with van der Waals surface area (Å²) in [6.45, 7) is 11.3. The Morgan fingerprint density at radius 2 is 1.65 bits per heavy atom. The maximum Gasteiger partial charge on any atom is 0.410 e. The molecule has 40 heavy (non-hydrogen) atoms. The molecule has 0 radical (unpaired) electrons. The fraction of sp³-hybridized carbons (Fsp3) is 0.759. The zero-order valence-corrected chi connectivity index (χ0v) is 25.0. The van der Waals surface area contributed by atoms with Gasteiger partial charge < -0.3 is 19.1 Å². The van der Waals surface area contributed by atoms with Crippen molar-refractivity contribution < 1.29 is 28.6 Å². The molecule has 0 N–H and O–H groups in total. The Hall–Kier alpha value is -2.30. The Morgan fingerprint density at radius 1 is 1.02 bits per heavy atom. The second-order valence-corrected chi connectivity index (χ2v) is 13.1. The van der Waals surface area contributed by atoms with Crippen molar-refractivity contribution in [1.29, 1.82) is 0 Å². The average Bonchev–Trinajstić information content (AvgIpc) is 3.34. The van der Waals surface area contributed by atoms with Gasteiger partial charge in [0.25, 0.3) is 0 Å². The lowest BCUT2D eigenvalue weighted by atomic mass is 9.57. The van der Waals surface area contributed by atoms with Gasteiger partial charge in [0.05, 0.1) is 36.6 Å². The van der Waals surface area contributed by atoms with E-state index in [1.165, 1.54) is 0 Å². The number of hydrogen-bond acceptors (Lipinski definition) is 9. The number of piperazine rings is 1. The SMILES string of the molecule is C[C@H]1CN(c2cc(C(=O)C3CCC[C@@]4(CCCCC45OCCO5)C3=O)nc(Cl)n2)C[C@H](C)N1C(=O)OC(C)(C)C. The minimum absolute atomic E-state index is 0.0507. The van der Waals surface area contributed by atoms with Crippen molar-refractivity contribution in [2.75, 3.05) is 31.2 Å². The molecule has 5 rings (SSSR count). The zero-order chi connectivity index (χ0) is 28.9. The minimum Gasteiger partial charge on any atom is -0.444 e. The maximum absolute atomic E-state index is 14.1. The largest absolute Gasteiger partial charge is 0.444 e. The molecule has 0 bridgehead atoms. The zero-order valence-electron chi connectivity index (χ0n) is 24.2. The van der Waals surface area contributed by atoms with Crippen LogP contribution in [0, 0.1) is 11.3 Å². The third kappa shape index (κ3) is 5.23. The number of carbonyl (C=O) groups is 3. The summed E-state index contributed by atoms with van der Waals surface area (Å²) in [5, 5.41) is -0.0507. The lowest BCUT2D eigenvalue weighted by Gasteiger charge is -2.51. The summed E-state index contributed by atoms with van der Waals surface area (Å²) in [5.74, 6) is -1.66. The molecule has 2 aliphatic heterocycles. The quantitative estimate of drug-likeness (QED) is 0.284. The van der Waals surface area contributed by atoms with Gasteiger partial charge in [0.15, 0.2) is 17.4 Å². The highest BCUT2D eigenvalue weighted by Crippen LogP contribution is 2.56. The number of Topliss-reactive ketones (excluding diaryl/α,β-unsaturated/α-hetero) is 2. The molecule has 0 aromatic carbocycles. The predicted octanol–water partition coefficient (Wildman–Crippen LogP) is 4.82. The molecule has 11 heteroatoms. The van der Waals surface area contributed by atoms with E-state index in [0.717, 1.165) is 19.3 Å². The third-order valence-corrected chi connectivity index (χ3v) is 9.00. The second kappa shape index (κ2) is 10.8. The summed E-state index contributed by atoms with van der Waals surface area (Å²) >= 11 is 6.34. The van der Waals surface area contributed by atoms with Crippen molar-refractivity contribution in [3.05, 3.63) is 17.0 Å². The van der Waals surface area contributed by atoms with Crippen LogP contribution in [0.2, 0.25) is 5.28 Å². The number of halogens is 1. The van der Waals surface area contributed by atoms with Gasteiger partial charge >= 0.3 is 6.09 Å². The van der Waals surface area contributed by atoms with Gasteiger partial charge in [-0.15, -0.1) is 0 Å². The van der Waals surface area contributed by atoms with Crippen LogP contribution in [0.15, 0.2) is 6.07 Å². The first-order chi connectivity index (χ1) is 18.9. The van der Waals surface area contributed by atoms with Crippen LogP contribution in [-0.2, 0) is 19.0 Å². The van der Waals surface area contributed by atoms with E-state index >= 15 is 0 Å². The van der Waals surface area contributed by atoms with Crippen molar-refractivity contribution in [3.8, 4) is 0 Å². The lowest BCUT2D eigenvalue weighted by molar-refractivity contribution is -0.255. The van der Waals surface area contributed by atoms with Crippen molar-refractivity contribution in [2.45, 2.75) is 103 Å². The van der Waals surface area contributed by atoms with Crippen LogP contribution in [-0.4, -0.2) is 82.3 Å². The molecule has 4 fully saturated rings. The van der Waals surface area contributed by atoms with E-state index in [-0.39, 0.29) is 40.7 Å². The monoisotopic (exact) mass is 576 g/mol. The van der Waals surface area contributed by atoms with Crippen molar-refractivity contribution in [1.82, 2.24) is 14.9 Å². The molecule has 4 aliphatic rings. The standard InChI is InChI=1S/C29H41ClN4O6/c1-18-16-33(17-19(2)34(18)26(37)40-27(3,4)5)22-15-21(31-25(30)32-22)23(35)20-9-8-11-28(24(20)36)10-6-7-12-29(28)38-13-14-39-29/h15,18-20H,6-14,16-17H2,1-5H3/t18-,19-,20?,28-/m0/s1. The van der Waals surface area contributed by atoms with E-state index in [0.29, 0.717) is 57.8 Å². The molecule has 2 spiro atoms. The second-order valence-electron chi connectivity index (χ2n) is 12.8. The fourth-order valence-corrected chi connectivity index (χ4v) is 7.40. The number of nitrogens with zero attached hydrogens (tertiary/aromatic N) is 4. The van der Waals surface area contributed by atoms with Crippen molar-refractivity contribution in [3.63, 3.8) is 0 Å². The third-order valence-electron chi connectivity index (χ3n) is 8.83. The number of aromatic nitrogens is 2. The van der Waals surface area contributed by atoms with Gasteiger partial charge in [-0.2, -0.15) is 0 Å². The normalized spacial score (nSPS) is 30.6. The van der Waals surface area contributed by atoms with Gasteiger partial charge in [-0.25, -0.2) is 14.8 Å². The first-order valence-electron chi connectivity index (χ1n) is 14.5. The molecule has 1 aromatic rings. The molecule has 1 unspecified atom stereocenters. The predicted molar refractivity (Wildman–Crippen MR) is 148 cm³/mol. The Kier molecular flexibility index (Phi) is 7.91. The topological polar surface area (TPSA) is 111 Å². The fourth-order valence-electron chi connectivity index (χ4n) is 7.22. The van der Waals surface area contributed by atoms with Crippen molar-refractivity contribution in [2.24, 2.45) is 11.3 Å². The highest BCUT2D eigenvalue weighted by Gasteiger charge is 2.63. The van der Waals surface area contributed by atoms with Crippen LogP contribution >= 0.6 is 11.6 Å². The van der Waals surface area contributed by atoms with Crippen LogP contribution in [0.5, 0.6) is 0 Å². The Labute approximate surface area is 241 Å².